The standard InChI is InChI=1S/C14H19NO3/c1-3-10(2)13(14(17)18)15-12(16)9-11-7-5-4-6-8-11/h4-8,10,13H,3,9H2,1-2H3,(H,15,16)(H,17,18)/t10?,13-/m0/s1. The minimum Gasteiger partial charge on any atom is -0.480 e. The van der Waals surface area contributed by atoms with E-state index in [0.717, 1.165) is 5.56 Å². The Hall–Kier alpha value is -1.84. The van der Waals surface area contributed by atoms with Crippen molar-refractivity contribution in [1.29, 1.82) is 0 Å². The van der Waals surface area contributed by atoms with E-state index in [9.17, 15) is 9.59 Å². The van der Waals surface area contributed by atoms with Gasteiger partial charge in [-0.05, 0) is 11.5 Å². The van der Waals surface area contributed by atoms with E-state index in [2.05, 4.69) is 5.32 Å². The lowest BCUT2D eigenvalue weighted by atomic mass is 9.99. The van der Waals surface area contributed by atoms with Crippen LogP contribution in [0.3, 0.4) is 0 Å². The number of hydrogen-bond acceptors (Lipinski definition) is 2. The highest BCUT2D eigenvalue weighted by atomic mass is 16.4. The fourth-order valence-corrected chi connectivity index (χ4v) is 1.69. The van der Waals surface area contributed by atoms with Crippen molar-refractivity contribution in [2.24, 2.45) is 5.92 Å². The normalized spacial score (nSPS) is 13.7. The Morgan fingerprint density at radius 2 is 1.89 bits per heavy atom. The number of carbonyl (C=O) groups excluding carboxylic acids is 1. The summed E-state index contributed by atoms with van der Waals surface area (Å²) >= 11 is 0. The predicted molar refractivity (Wildman–Crippen MR) is 69.2 cm³/mol. The van der Waals surface area contributed by atoms with E-state index in [1.807, 2.05) is 44.2 Å². The van der Waals surface area contributed by atoms with E-state index in [1.165, 1.54) is 0 Å². The van der Waals surface area contributed by atoms with Crippen LogP contribution in [0.4, 0.5) is 0 Å². The average Bonchev–Trinajstić information content (AvgIpc) is 2.36. The molecular weight excluding hydrogens is 230 g/mol. The Morgan fingerprint density at radius 1 is 1.28 bits per heavy atom. The van der Waals surface area contributed by atoms with Crippen LogP contribution >= 0.6 is 0 Å². The van der Waals surface area contributed by atoms with Gasteiger partial charge in [0.15, 0.2) is 0 Å². The first-order chi connectivity index (χ1) is 8.54. The molecule has 0 heterocycles. The number of carboxylic acids is 1. The molecule has 1 aromatic carbocycles. The number of nitrogens with one attached hydrogen (secondary N) is 1. The molecule has 0 saturated carbocycles. The van der Waals surface area contributed by atoms with Crippen molar-refractivity contribution >= 4 is 11.9 Å². The molecule has 0 aliphatic heterocycles. The smallest absolute Gasteiger partial charge is 0.326 e. The highest BCUT2D eigenvalue weighted by molar-refractivity contribution is 5.85. The Labute approximate surface area is 107 Å². The lowest BCUT2D eigenvalue weighted by Crippen LogP contribution is -2.45. The second kappa shape index (κ2) is 6.79. The summed E-state index contributed by atoms with van der Waals surface area (Å²) in [6.45, 7) is 3.73. The maximum atomic E-state index is 11.8. The fourth-order valence-electron chi connectivity index (χ4n) is 1.69. The largest absolute Gasteiger partial charge is 0.480 e. The van der Waals surface area contributed by atoms with Crippen molar-refractivity contribution in [3.63, 3.8) is 0 Å². The van der Waals surface area contributed by atoms with Crippen molar-refractivity contribution in [2.75, 3.05) is 0 Å². The highest BCUT2D eigenvalue weighted by Gasteiger charge is 2.24. The van der Waals surface area contributed by atoms with Gasteiger partial charge < -0.3 is 10.4 Å². The number of amides is 1. The van der Waals surface area contributed by atoms with E-state index < -0.39 is 12.0 Å². The predicted octanol–water partition coefficient (Wildman–Crippen LogP) is 1.84. The monoisotopic (exact) mass is 249 g/mol. The molecule has 2 N–H and O–H groups in total. The van der Waals surface area contributed by atoms with Crippen LogP contribution < -0.4 is 5.32 Å². The van der Waals surface area contributed by atoms with Gasteiger partial charge in [-0.3, -0.25) is 4.79 Å². The summed E-state index contributed by atoms with van der Waals surface area (Å²) in [7, 11) is 0. The molecule has 18 heavy (non-hydrogen) atoms. The summed E-state index contributed by atoms with van der Waals surface area (Å²) in [4.78, 5) is 22.8. The molecule has 98 valence electrons. The van der Waals surface area contributed by atoms with Gasteiger partial charge in [-0.1, -0.05) is 50.6 Å². The van der Waals surface area contributed by atoms with E-state index in [4.69, 9.17) is 5.11 Å². The van der Waals surface area contributed by atoms with Crippen molar-refractivity contribution in [3.8, 4) is 0 Å². The zero-order valence-corrected chi connectivity index (χ0v) is 10.7. The topological polar surface area (TPSA) is 66.4 Å². The van der Waals surface area contributed by atoms with Gasteiger partial charge in [-0.2, -0.15) is 0 Å². The molecule has 0 fully saturated rings. The van der Waals surface area contributed by atoms with Crippen LogP contribution in [0.2, 0.25) is 0 Å². The minimum absolute atomic E-state index is 0.0813. The summed E-state index contributed by atoms with van der Waals surface area (Å²) in [6.07, 6.45) is 0.920. The molecule has 0 spiro atoms. The number of aliphatic carboxylic acids is 1. The average molecular weight is 249 g/mol. The Kier molecular flexibility index (Phi) is 5.36. The van der Waals surface area contributed by atoms with Crippen molar-refractivity contribution in [1.82, 2.24) is 5.32 Å². The van der Waals surface area contributed by atoms with Crippen LogP contribution in [-0.4, -0.2) is 23.0 Å². The quantitative estimate of drug-likeness (QED) is 0.808. The zero-order chi connectivity index (χ0) is 13.5. The first kappa shape index (κ1) is 14.2. The summed E-state index contributed by atoms with van der Waals surface area (Å²) in [5.41, 5.74) is 0.878. The Balaban J connectivity index is 2.60. The van der Waals surface area contributed by atoms with Gasteiger partial charge in [0.2, 0.25) is 5.91 Å². The van der Waals surface area contributed by atoms with Gasteiger partial charge in [0.05, 0.1) is 6.42 Å². The van der Waals surface area contributed by atoms with E-state index in [-0.39, 0.29) is 18.2 Å². The third kappa shape index (κ3) is 4.20. The number of hydrogen-bond donors (Lipinski definition) is 2. The molecule has 0 aromatic heterocycles. The van der Waals surface area contributed by atoms with Crippen molar-refractivity contribution in [3.05, 3.63) is 35.9 Å². The highest BCUT2D eigenvalue weighted by Crippen LogP contribution is 2.08. The third-order valence-corrected chi connectivity index (χ3v) is 3.00. The fraction of sp³-hybridized carbons (Fsp3) is 0.429. The van der Waals surface area contributed by atoms with Crippen LogP contribution in [0.5, 0.6) is 0 Å². The molecular formula is C14H19NO3. The van der Waals surface area contributed by atoms with Crippen LogP contribution in [0.15, 0.2) is 30.3 Å². The third-order valence-electron chi connectivity index (χ3n) is 3.00. The van der Waals surface area contributed by atoms with Crippen LogP contribution in [0.25, 0.3) is 0 Å². The van der Waals surface area contributed by atoms with Gasteiger partial charge in [-0.25, -0.2) is 4.79 Å². The number of benzene rings is 1. The first-order valence-corrected chi connectivity index (χ1v) is 6.10. The molecule has 0 aliphatic rings. The van der Waals surface area contributed by atoms with Crippen LogP contribution in [-0.2, 0) is 16.0 Å². The minimum atomic E-state index is -0.981. The van der Waals surface area contributed by atoms with Gasteiger partial charge >= 0.3 is 5.97 Å². The molecule has 4 heteroatoms. The molecule has 0 bridgehead atoms. The van der Waals surface area contributed by atoms with Gasteiger partial charge in [0, 0.05) is 0 Å². The van der Waals surface area contributed by atoms with Gasteiger partial charge in [-0.15, -0.1) is 0 Å². The van der Waals surface area contributed by atoms with E-state index in [1.54, 1.807) is 0 Å². The van der Waals surface area contributed by atoms with Gasteiger partial charge in [0.1, 0.15) is 6.04 Å². The zero-order valence-electron chi connectivity index (χ0n) is 10.7. The summed E-state index contributed by atoms with van der Waals surface area (Å²) in [6, 6.07) is 8.46. The maximum Gasteiger partial charge on any atom is 0.326 e. The molecule has 1 aromatic rings. The summed E-state index contributed by atoms with van der Waals surface area (Å²) in [5.74, 6) is -1.32. The second-order valence-electron chi connectivity index (χ2n) is 4.43. The van der Waals surface area contributed by atoms with E-state index >= 15 is 0 Å². The second-order valence-corrected chi connectivity index (χ2v) is 4.43. The SMILES string of the molecule is CCC(C)[C@H](NC(=O)Cc1ccccc1)C(=O)O. The van der Waals surface area contributed by atoms with Crippen molar-refractivity contribution in [2.45, 2.75) is 32.7 Å². The molecule has 2 atom stereocenters. The van der Waals surface area contributed by atoms with Crippen LogP contribution in [0, 0.1) is 5.92 Å². The lowest BCUT2D eigenvalue weighted by Gasteiger charge is -2.20. The Bertz CT molecular complexity index is 403. The van der Waals surface area contributed by atoms with Gasteiger partial charge in [0.25, 0.3) is 0 Å². The molecule has 1 rings (SSSR count). The molecule has 4 nitrogen and oxygen atoms in total. The molecule has 0 saturated heterocycles. The van der Waals surface area contributed by atoms with Crippen LogP contribution in [0.1, 0.15) is 25.8 Å². The van der Waals surface area contributed by atoms with E-state index in [0.29, 0.717) is 6.42 Å². The molecule has 1 amide bonds. The molecule has 0 aliphatic carbocycles. The lowest BCUT2D eigenvalue weighted by molar-refractivity contribution is -0.143. The number of carbonyl (C=O) groups is 2. The van der Waals surface area contributed by atoms with Crippen molar-refractivity contribution < 1.29 is 14.7 Å². The molecule has 0 radical (unpaired) electrons. The summed E-state index contributed by atoms with van der Waals surface area (Å²) < 4.78 is 0. The number of rotatable bonds is 6. The maximum absolute atomic E-state index is 11.8. The first-order valence-electron chi connectivity index (χ1n) is 6.10. The summed E-state index contributed by atoms with van der Waals surface area (Å²) in [5, 5.41) is 11.7. The number of carboxylic acid groups (broad SMARTS) is 1. The Morgan fingerprint density at radius 3 is 2.39 bits per heavy atom. The molecule has 1 unspecified atom stereocenters.